The van der Waals surface area contributed by atoms with E-state index in [-0.39, 0.29) is 0 Å². The van der Waals surface area contributed by atoms with Gasteiger partial charge in [-0.15, -0.1) is 0 Å². The first-order valence-electron chi connectivity index (χ1n) is 7.81. The van der Waals surface area contributed by atoms with Crippen LogP contribution in [0, 0.1) is 0 Å². The van der Waals surface area contributed by atoms with E-state index in [4.69, 9.17) is 11.6 Å². The van der Waals surface area contributed by atoms with Gasteiger partial charge in [0.25, 0.3) is 0 Å². The van der Waals surface area contributed by atoms with E-state index in [1.807, 2.05) is 17.8 Å². The average Bonchev–Trinajstić information content (AvgIpc) is 2.72. The maximum atomic E-state index is 6.31. The maximum Gasteiger partial charge on any atom is 0.0410 e. The molecule has 0 aliphatic carbocycles. The SMILES string of the molecule is Clc1ccc2c(c1)[C@@H](N1CCNCC1)Cc1ccccc1S2. The molecule has 1 fully saturated rings. The maximum absolute atomic E-state index is 6.31. The van der Waals surface area contributed by atoms with Crippen molar-refractivity contribution < 1.29 is 0 Å². The Bertz CT molecular complexity index is 683. The van der Waals surface area contributed by atoms with Crippen molar-refractivity contribution in [2.75, 3.05) is 26.2 Å². The number of piperazine rings is 1. The highest BCUT2D eigenvalue weighted by atomic mass is 35.5. The van der Waals surface area contributed by atoms with Crippen molar-refractivity contribution in [3.05, 3.63) is 58.6 Å². The fourth-order valence-corrected chi connectivity index (χ4v) is 4.70. The van der Waals surface area contributed by atoms with Crippen LogP contribution in [0.3, 0.4) is 0 Å². The van der Waals surface area contributed by atoms with Gasteiger partial charge in [-0.25, -0.2) is 0 Å². The standard InChI is InChI=1S/C18H19ClN2S/c19-14-5-6-18-15(12-14)16(21-9-7-20-8-10-21)11-13-3-1-2-4-17(13)22-18/h1-6,12,16,20H,7-11H2/t16-/m0/s1. The number of hydrogen-bond acceptors (Lipinski definition) is 3. The van der Waals surface area contributed by atoms with E-state index < -0.39 is 0 Å². The molecule has 2 aliphatic rings. The van der Waals surface area contributed by atoms with Gasteiger partial charge in [-0.05, 0) is 41.8 Å². The first-order chi connectivity index (χ1) is 10.8. The van der Waals surface area contributed by atoms with Crippen molar-refractivity contribution in [2.45, 2.75) is 22.3 Å². The van der Waals surface area contributed by atoms with E-state index in [9.17, 15) is 0 Å². The van der Waals surface area contributed by atoms with E-state index in [0.717, 1.165) is 37.6 Å². The molecule has 0 radical (unpaired) electrons. The smallest absolute Gasteiger partial charge is 0.0410 e. The largest absolute Gasteiger partial charge is 0.314 e. The lowest BCUT2D eigenvalue weighted by molar-refractivity contribution is 0.170. The van der Waals surface area contributed by atoms with E-state index in [1.54, 1.807) is 0 Å². The Kier molecular flexibility index (Phi) is 4.14. The van der Waals surface area contributed by atoms with Crippen molar-refractivity contribution in [3.63, 3.8) is 0 Å². The van der Waals surface area contributed by atoms with Gasteiger partial charge in [-0.2, -0.15) is 0 Å². The minimum Gasteiger partial charge on any atom is -0.314 e. The van der Waals surface area contributed by atoms with E-state index in [1.165, 1.54) is 20.9 Å². The van der Waals surface area contributed by atoms with Crippen LogP contribution >= 0.6 is 23.4 Å². The van der Waals surface area contributed by atoms with Gasteiger partial charge in [-0.1, -0.05) is 41.6 Å². The van der Waals surface area contributed by atoms with Crippen molar-refractivity contribution >= 4 is 23.4 Å². The van der Waals surface area contributed by atoms with Gasteiger partial charge in [0, 0.05) is 47.0 Å². The fourth-order valence-electron chi connectivity index (χ4n) is 3.40. The summed E-state index contributed by atoms with van der Waals surface area (Å²) in [7, 11) is 0. The third kappa shape index (κ3) is 2.79. The minimum atomic E-state index is 0.423. The van der Waals surface area contributed by atoms with E-state index in [0.29, 0.717) is 6.04 Å². The molecule has 0 spiro atoms. The van der Waals surface area contributed by atoms with Gasteiger partial charge in [0.05, 0.1) is 0 Å². The van der Waals surface area contributed by atoms with Crippen molar-refractivity contribution in [3.8, 4) is 0 Å². The number of benzene rings is 2. The van der Waals surface area contributed by atoms with Gasteiger partial charge >= 0.3 is 0 Å². The van der Waals surface area contributed by atoms with Crippen molar-refractivity contribution in [1.82, 2.24) is 10.2 Å². The zero-order valence-corrected chi connectivity index (χ0v) is 14.0. The van der Waals surface area contributed by atoms with Gasteiger partial charge in [0.1, 0.15) is 0 Å². The zero-order chi connectivity index (χ0) is 14.9. The second-order valence-corrected chi connectivity index (χ2v) is 7.42. The van der Waals surface area contributed by atoms with Gasteiger partial charge < -0.3 is 5.32 Å². The van der Waals surface area contributed by atoms with Crippen LogP contribution in [0.25, 0.3) is 0 Å². The van der Waals surface area contributed by atoms with E-state index >= 15 is 0 Å². The zero-order valence-electron chi connectivity index (χ0n) is 12.4. The molecule has 0 unspecified atom stereocenters. The molecule has 2 aliphatic heterocycles. The van der Waals surface area contributed by atoms with E-state index in [2.05, 4.69) is 46.6 Å². The molecule has 4 rings (SSSR count). The summed E-state index contributed by atoms with van der Waals surface area (Å²) in [6.07, 6.45) is 1.07. The summed E-state index contributed by atoms with van der Waals surface area (Å²) < 4.78 is 0. The number of rotatable bonds is 1. The Labute approximate surface area is 140 Å². The molecule has 1 N–H and O–H groups in total. The van der Waals surface area contributed by atoms with Gasteiger partial charge in [0.15, 0.2) is 0 Å². The summed E-state index contributed by atoms with van der Waals surface area (Å²) in [5.74, 6) is 0. The van der Waals surface area contributed by atoms with Crippen LogP contribution in [-0.2, 0) is 6.42 Å². The van der Waals surface area contributed by atoms with Crippen LogP contribution in [-0.4, -0.2) is 31.1 Å². The normalized spacial score (nSPS) is 21.8. The number of nitrogens with one attached hydrogen (secondary N) is 1. The summed E-state index contributed by atoms with van der Waals surface area (Å²) in [6, 6.07) is 15.6. The Morgan fingerprint density at radius 2 is 1.86 bits per heavy atom. The van der Waals surface area contributed by atoms with Gasteiger partial charge in [0.2, 0.25) is 0 Å². The van der Waals surface area contributed by atoms with Gasteiger partial charge in [-0.3, -0.25) is 4.90 Å². The highest BCUT2D eigenvalue weighted by Crippen LogP contribution is 2.43. The molecule has 0 bridgehead atoms. The molecule has 1 atom stereocenters. The molecule has 2 aromatic rings. The van der Waals surface area contributed by atoms with Crippen LogP contribution < -0.4 is 5.32 Å². The summed E-state index contributed by atoms with van der Waals surface area (Å²) in [5.41, 5.74) is 2.83. The summed E-state index contributed by atoms with van der Waals surface area (Å²) in [5, 5.41) is 4.29. The Morgan fingerprint density at radius 1 is 1.05 bits per heavy atom. The third-order valence-electron chi connectivity index (χ3n) is 4.53. The average molecular weight is 331 g/mol. The molecule has 1 saturated heterocycles. The molecule has 4 heteroatoms. The van der Waals surface area contributed by atoms with Crippen molar-refractivity contribution in [2.24, 2.45) is 0 Å². The lowest BCUT2D eigenvalue weighted by atomic mass is 9.97. The Balaban J connectivity index is 1.80. The second kappa shape index (κ2) is 6.25. The summed E-state index contributed by atoms with van der Waals surface area (Å²) >= 11 is 8.18. The number of halogens is 1. The molecule has 2 nitrogen and oxygen atoms in total. The molecule has 2 heterocycles. The number of nitrogens with zero attached hydrogens (tertiary/aromatic N) is 1. The van der Waals surface area contributed by atoms with Crippen LogP contribution in [0.4, 0.5) is 0 Å². The first-order valence-corrected chi connectivity index (χ1v) is 9.01. The molecule has 2 aromatic carbocycles. The predicted octanol–water partition coefficient (Wildman–Crippen LogP) is 3.99. The Hall–Kier alpha value is -1.00. The molecule has 0 amide bonds. The van der Waals surface area contributed by atoms with Crippen LogP contribution in [0.15, 0.2) is 52.3 Å². The van der Waals surface area contributed by atoms with Crippen LogP contribution in [0.1, 0.15) is 17.2 Å². The van der Waals surface area contributed by atoms with Crippen LogP contribution in [0.5, 0.6) is 0 Å². The molecular weight excluding hydrogens is 312 g/mol. The highest BCUT2D eigenvalue weighted by Gasteiger charge is 2.28. The quantitative estimate of drug-likeness (QED) is 0.851. The third-order valence-corrected chi connectivity index (χ3v) is 5.97. The molecular formula is C18H19ClN2S. The first kappa shape index (κ1) is 14.6. The monoisotopic (exact) mass is 330 g/mol. The summed E-state index contributed by atoms with van der Waals surface area (Å²) in [6.45, 7) is 4.34. The lowest BCUT2D eigenvalue weighted by Crippen LogP contribution is -2.45. The minimum absolute atomic E-state index is 0.423. The van der Waals surface area contributed by atoms with Crippen molar-refractivity contribution in [1.29, 1.82) is 0 Å². The molecule has 0 saturated carbocycles. The fraction of sp³-hybridized carbons (Fsp3) is 0.333. The lowest BCUT2D eigenvalue weighted by Gasteiger charge is -2.35. The second-order valence-electron chi connectivity index (χ2n) is 5.90. The molecule has 114 valence electrons. The molecule has 0 aromatic heterocycles. The number of hydrogen-bond donors (Lipinski definition) is 1. The Morgan fingerprint density at radius 3 is 2.73 bits per heavy atom. The van der Waals surface area contributed by atoms with Crippen LogP contribution in [0.2, 0.25) is 5.02 Å². The topological polar surface area (TPSA) is 15.3 Å². The number of fused-ring (bicyclic) bond motifs is 2. The summed E-state index contributed by atoms with van der Waals surface area (Å²) in [4.78, 5) is 5.33. The molecule has 22 heavy (non-hydrogen) atoms. The predicted molar refractivity (Wildman–Crippen MR) is 92.9 cm³/mol. The highest BCUT2D eigenvalue weighted by molar-refractivity contribution is 7.99.